The van der Waals surface area contributed by atoms with Crippen LogP contribution in [0.3, 0.4) is 0 Å². The van der Waals surface area contributed by atoms with Gasteiger partial charge in [-0.15, -0.1) is 11.8 Å². The number of carbonyl (C=O) groups excluding carboxylic acids is 1. The smallest absolute Gasteiger partial charge is 0.323 e. The Kier molecular flexibility index (Phi) is 7.96. The van der Waals surface area contributed by atoms with Crippen molar-refractivity contribution in [3.05, 3.63) is 30.3 Å². The third kappa shape index (κ3) is 6.33. The molecule has 1 atom stereocenters. The second kappa shape index (κ2) is 9.30. The fraction of sp³-hybridized carbons (Fsp3) is 0.462. The van der Waals surface area contributed by atoms with Crippen molar-refractivity contribution in [2.45, 2.75) is 17.9 Å². The third-order valence-corrected chi connectivity index (χ3v) is 4.49. The van der Waals surface area contributed by atoms with E-state index < -0.39 is 6.04 Å². The lowest BCUT2D eigenvalue weighted by Crippen LogP contribution is -2.34. The topological polar surface area (TPSA) is 52.3 Å². The molecule has 18 heavy (non-hydrogen) atoms. The standard InChI is InChI=1S/C13H19NO2S2/c1-2-16-13(15)12(14)10-17-8-9-18-11-6-4-3-5-7-11/h3-7,12H,2,8-10,14H2,1H3. The van der Waals surface area contributed by atoms with Gasteiger partial charge in [-0.1, -0.05) is 18.2 Å². The van der Waals surface area contributed by atoms with Gasteiger partial charge in [-0.2, -0.15) is 11.8 Å². The van der Waals surface area contributed by atoms with E-state index in [0.717, 1.165) is 11.5 Å². The fourth-order valence-electron chi connectivity index (χ4n) is 1.26. The van der Waals surface area contributed by atoms with E-state index in [-0.39, 0.29) is 5.97 Å². The van der Waals surface area contributed by atoms with Crippen LogP contribution in [0.2, 0.25) is 0 Å². The average Bonchev–Trinajstić information content (AvgIpc) is 2.39. The van der Waals surface area contributed by atoms with E-state index >= 15 is 0 Å². The van der Waals surface area contributed by atoms with E-state index in [9.17, 15) is 4.79 Å². The molecule has 0 fully saturated rings. The molecule has 0 aliphatic carbocycles. The summed E-state index contributed by atoms with van der Waals surface area (Å²) in [6.45, 7) is 2.18. The molecular weight excluding hydrogens is 266 g/mol. The van der Waals surface area contributed by atoms with Crippen molar-refractivity contribution >= 4 is 29.5 Å². The van der Waals surface area contributed by atoms with Crippen LogP contribution in [0.25, 0.3) is 0 Å². The average molecular weight is 285 g/mol. The summed E-state index contributed by atoms with van der Waals surface area (Å²) in [6, 6.07) is 9.77. The van der Waals surface area contributed by atoms with Gasteiger partial charge in [-0.05, 0) is 19.1 Å². The third-order valence-electron chi connectivity index (χ3n) is 2.13. The van der Waals surface area contributed by atoms with Crippen LogP contribution in [0.15, 0.2) is 35.2 Å². The Bertz CT molecular complexity index is 346. The highest BCUT2D eigenvalue weighted by Gasteiger charge is 2.13. The van der Waals surface area contributed by atoms with Gasteiger partial charge < -0.3 is 10.5 Å². The first-order chi connectivity index (χ1) is 8.74. The molecule has 0 aliphatic heterocycles. The second-order valence-corrected chi connectivity index (χ2v) is 5.91. The zero-order chi connectivity index (χ0) is 13.2. The van der Waals surface area contributed by atoms with Gasteiger partial charge in [0.25, 0.3) is 0 Å². The molecule has 5 heteroatoms. The molecular formula is C13H19NO2S2. The zero-order valence-electron chi connectivity index (χ0n) is 10.5. The molecule has 1 aromatic rings. The summed E-state index contributed by atoms with van der Waals surface area (Å²) in [5, 5.41) is 0. The van der Waals surface area contributed by atoms with Crippen molar-refractivity contribution in [1.29, 1.82) is 0 Å². The van der Waals surface area contributed by atoms with Crippen LogP contribution < -0.4 is 5.73 Å². The number of hydrogen-bond acceptors (Lipinski definition) is 5. The van der Waals surface area contributed by atoms with Gasteiger partial charge in [-0.25, -0.2) is 0 Å². The van der Waals surface area contributed by atoms with E-state index in [0.29, 0.717) is 12.4 Å². The summed E-state index contributed by atoms with van der Waals surface area (Å²) in [5.74, 6) is 2.31. The normalized spacial score (nSPS) is 12.1. The zero-order valence-corrected chi connectivity index (χ0v) is 12.1. The number of nitrogens with two attached hydrogens (primary N) is 1. The van der Waals surface area contributed by atoms with E-state index in [1.807, 2.05) is 30.0 Å². The van der Waals surface area contributed by atoms with Crippen LogP contribution in [0, 0.1) is 0 Å². The van der Waals surface area contributed by atoms with Gasteiger partial charge in [0.2, 0.25) is 0 Å². The number of ether oxygens (including phenoxy) is 1. The summed E-state index contributed by atoms with van der Waals surface area (Å²) >= 11 is 3.50. The van der Waals surface area contributed by atoms with E-state index in [1.54, 1.807) is 18.7 Å². The largest absolute Gasteiger partial charge is 0.465 e. The van der Waals surface area contributed by atoms with Crippen LogP contribution in [0.4, 0.5) is 0 Å². The predicted octanol–water partition coefficient (Wildman–Crippen LogP) is 2.40. The monoisotopic (exact) mass is 285 g/mol. The molecule has 0 spiro atoms. The van der Waals surface area contributed by atoms with Crippen LogP contribution in [-0.2, 0) is 9.53 Å². The van der Waals surface area contributed by atoms with Crippen LogP contribution in [-0.4, -0.2) is 35.9 Å². The van der Waals surface area contributed by atoms with Gasteiger partial charge in [0.05, 0.1) is 6.61 Å². The lowest BCUT2D eigenvalue weighted by atomic mass is 10.4. The molecule has 0 amide bonds. The highest BCUT2D eigenvalue weighted by molar-refractivity contribution is 8.03. The van der Waals surface area contributed by atoms with Gasteiger partial charge >= 0.3 is 5.97 Å². The van der Waals surface area contributed by atoms with Crippen LogP contribution in [0.5, 0.6) is 0 Å². The first-order valence-electron chi connectivity index (χ1n) is 5.92. The summed E-state index contributed by atoms with van der Waals surface area (Å²) in [7, 11) is 0. The molecule has 1 aromatic carbocycles. The molecule has 0 saturated heterocycles. The Hall–Kier alpha value is -0.650. The Labute approximate surface area is 117 Å². The quantitative estimate of drug-likeness (QED) is 0.451. The van der Waals surface area contributed by atoms with Crippen molar-refractivity contribution in [3.63, 3.8) is 0 Å². The molecule has 0 heterocycles. The van der Waals surface area contributed by atoms with Crippen molar-refractivity contribution in [1.82, 2.24) is 0 Å². The number of rotatable bonds is 8. The number of benzene rings is 1. The summed E-state index contributed by atoms with van der Waals surface area (Å²) in [6.07, 6.45) is 0. The van der Waals surface area contributed by atoms with E-state index in [1.165, 1.54) is 4.90 Å². The predicted molar refractivity (Wildman–Crippen MR) is 79.1 cm³/mol. The van der Waals surface area contributed by atoms with Gasteiger partial charge in [-0.3, -0.25) is 4.79 Å². The molecule has 1 rings (SSSR count). The molecule has 0 radical (unpaired) electrons. The minimum absolute atomic E-state index is 0.305. The number of esters is 1. The lowest BCUT2D eigenvalue weighted by Gasteiger charge is -2.09. The van der Waals surface area contributed by atoms with Crippen LogP contribution in [0.1, 0.15) is 6.92 Å². The first-order valence-corrected chi connectivity index (χ1v) is 8.06. The molecule has 2 N–H and O–H groups in total. The number of carbonyl (C=O) groups is 1. The Morgan fingerprint density at radius 2 is 2.06 bits per heavy atom. The maximum Gasteiger partial charge on any atom is 0.323 e. The van der Waals surface area contributed by atoms with Gasteiger partial charge in [0, 0.05) is 22.2 Å². The SMILES string of the molecule is CCOC(=O)C(N)CSCCSc1ccccc1. The second-order valence-electron chi connectivity index (χ2n) is 3.59. The molecule has 100 valence electrons. The van der Waals surface area contributed by atoms with Crippen LogP contribution >= 0.6 is 23.5 Å². The van der Waals surface area contributed by atoms with E-state index in [4.69, 9.17) is 10.5 Å². The van der Waals surface area contributed by atoms with Crippen molar-refractivity contribution in [3.8, 4) is 0 Å². The molecule has 0 aromatic heterocycles. The summed E-state index contributed by atoms with van der Waals surface area (Å²) in [4.78, 5) is 12.5. The summed E-state index contributed by atoms with van der Waals surface area (Å²) in [5.41, 5.74) is 5.69. The molecule has 1 unspecified atom stereocenters. The maximum atomic E-state index is 11.3. The fourth-order valence-corrected chi connectivity index (χ4v) is 3.21. The Balaban J connectivity index is 2.07. The van der Waals surface area contributed by atoms with Crippen molar-refractivity contribution < 1.29 is 9.53 Å². The summed E-state index contributed by atoms with van der Waals surface area (Å²) < 4.78 is 4.85. The first kappa shape index (κ1) is 15.4. The minimum atomic E-state index is -0.503. The molecule has 0 saturated carbocycles. The highest BCUT2D eigenvalue weighted by Crippen LogP contribution is 2.18. The highest BCUT2D eigenvalue weighted by atomic mass is 32.2. The molecule has 3 nitrogen and oxygen atoms in total. The van der Waals surface area contributed by atoms with Gasteiger partial charge in [0.15, 0.2) is 0 Å². The Morgan fingerprint density at radius 1 is 1.33 bits per heavy atom. The van der Waals surface area contributed by atoms with Gasteiger partial charge in [0.1, 0.15) is 6.04 Å². The number of thioether (sulfide) groups is 2. The number of hydrogen-bond donors (Lipinski definition) is 1. The molecule has 0 bridgehead atoms. The lowest BCUT2D eigenvalue weighted by molar-refractivity contribution is -0.144. The minimum Gasteiger partial charge on any atom is -0.465 e. The Morgan fingerprint density at radius 3 is 2.72 bits per heavy atom. The van der Waals surface area contributed by atoms with Crippen molar-refractivity contribution in [2.75, 3.05) is 23.9 Å². The molecule has 0 aliphatic rings. The van der Waals surface area contributed by atoms with E-state index in [2.05, 4.69) is 12.1 Å². The maximum absolute atomic E-state index is 11.3. The van der Waals surface area contributed by atoms with Crippen molar-refractivity contribution in [2.24, 2.45) is 5.73 Å².